The highest BCUT2D eigenvalue weighted by Gasteiger charge is 2.26. The van der Waals surface area contributed by atoms with E-state index in [1.807, 2.05) is 11.8 Å². The van der Waals surface area contributed by atoms with Gasteiger partial charge in [-0.3, -0.25) is 4.79 Å². The summed E-state index contributed by atoms with van der Waals surface area (Å²) in [4.78, 5) is 26.9. The predicted octanol–water partition coefficient (Wildman–Crippen LogP) is 5.41. The van der Waals surface area contributed by atoms with Gasteiger partial charge in [-0.25, -0.2) is 9.97 Å². The Bertz CT molecular complexity index is 984. The van der Waals surface area contributed by atoms with Crippen LogP contribution in [0.25, 0.3) is 0 Å². The van der Waals surface area contributed by atoms with E-state index >= 15 is 0 Å². The highest BCUT2D eigenvalue weighted by atomic mass is 16.2. The van der Waals surface area contributed by atoms with Gasteiger partial charge in [-0.15, -0.1) is 0 Å². The van der Waals surface area contributed by atoms with Crippen LogP contribution in [0.2, 0.25) is 0 Å². The summed E-state index contributed by atoms with van der Waals surface area (Å²) in [5.41, 5.74) is 6.41. The van der Waals surface area contributed by atoms with Crippen LogP contribution >= 0.6 is 0 Å². The number of nitrogens with zero attached hydrogens (tertiary/aromatic N) is 4. The molecule has 0 radical (unpaired) electrons. The van der Waals surface area contributed by atoms with Crippen molar-refractivity contribution in [2.45, 2.75) is 74.7 Å². The van der Waals surface area contributed by atoms with Gasteiger partial charge in [0.05, 0.1) is 0 Å². The fourth-order valence-corrected chi connectivity index (χ4v) is 5.08. The molecule has 0 aliphatic carbocycles. The molecule has 1 aliphatic rings. The van der Waals surface area contributed by atoms with Crippen molar-refractivity contribution in [1.29, 1.82) is 0 Å². The van der Waals surface area contributed by atoms with Crippen molar-refractivity contribution in [2.75, 3.05) is 31.1 Å². The Morgan fingerprint density at radius 3 is 2.33 bits per heavy atom. The van der Waals surface area contributed by atoms with E-state index in [-0.39, 0.29) is 11.3 Å². The third-order valence-electron chi connectivity index (χ3n) is 6.59. The van der Waals surface area contributed by atoms with Crippen molar-refractivity contribution in [3.63, 3.8) is 0 Å². The van der Waals surface area contributed by atoms with Crippen molar-refractivity contribution in [3.05, 3.63) is 52.0 Å². The Kier molecular flexibility index (Phi) is 7.81. The van der Waals surface area contributed by atoms with E-state index in [0.29, 0.717) is 12.3 Å². The normalized spacial score (nSPS) is 15.6. The Labute approximate surface area is 200 Å². The molecule has 1 aromatic heterocycles. The Balaban J connectivity index is 1.72. The van der Waals surface area contributed by atoms with E-state index in [1.165, 1.54) is 22.3 Å². The van der Waals surface area contributed by atoms with Gasteiger partial charge in [0.25, 0.3) is 0 Å². The van der Waals surface area contributed by atoms with E-state index < -0.39 is 0 Å². The quantitative estimate of drug-likeness (QED) is 0.590. The highest BCUT2D eigenvalue weighted by Crippen LogP contribution is 2.28. The number of hydrogen-bond donors (Lipinski definition) is 0. The van der Waals surface area contributed by atoms with Gasteiger partial charge in [0.15, 0.2) is 0 Å². The molecule has 180 valence electrons. The number of amides is 1. The summed E-state index contributed by atoms with van der Waals surface area (Å²) < 4.78 is 0. The molecule has 2 aromatic rings. The zero-order valence-electron chi connectivity index (χ0n) is 22.0. The van der Waals surface area contributed by atoms with Gasteiger partial charge in [0.2, 0.25) is 5.91 Å². The number of piperazine rings is 1. The number of hydrogen-bond acceptors (Lipinski definition) is 4. The van der Waals surface area contributed by atoms with Crippen LogP contribution in [0, 0.1) is 39.0 Å². The number of rotatable bonds is 6. The number of carbonyl (C=O) groups is 1. The molecule has 0 unspecified atom stereocenters. The highest BCUT2D eigenvalue weighted by molar-refractivity contribution is 5.76. The van der Waals surface area contributed by atoms with Crippen LogP contribution in [0.3, 0.4) is 0 Å². The number of aryl methyl sites for hydroxylation is 4. The maximum atomic E-state index is 12.9. The Hall–Kier alpha value is -2.43. The summed E-state index contributed by atoms with van der Waals surface area (Å²) in [6, 6.07) is 6.63. The van der Waals surface area contributed by atoms with Crippen LogP contribution in [-0.2, 0) is 11.2 Å². The molecule has 5 heteroatoms. The fraction of sp³-hybridized carbons (Fsp3) is 0.607. The monoisotopic (exact) mass is 450 g/mol. The first-order chi connectivity index (χ1) is 15.4. The lowest BCUT2D eigenvalue weighted by Gasteiger charge is -2.37. The van der Waals surface area contributed by atoms with Crippen molar-refractivity contribution in [3.8, 4) is 0 Å². The van der Waals surface area contributed by atoms with Crippen LogP contribution in [0.4, 0.5) is 5.82 Å². The first-order valence-electron chi connectivity index (χ1n) is 12.4. The molecule has 0 bridgehead atoms. The van der Waals surface area contributed by atoms with E-state index in [0.717, 1.165) is 56.4 Å². The predicted molar refractivity (Wildman–Crippen MR) is 137 cm³/mol. The first-order valence-corrected chi connectivity index (χ1v) is 12.4. The van der Waals surface area contributed by atoms with Crippen molar-refractivity contribution >= 4 is 11.7 Å². The van der Waals surface area contributed by atoms with E-state index in [9.17, 15) is 4.79 Å². The van der Waals surface area contributed by atoms with Crippen molar-refractivity contribution in [2.24, 2.45) is 11.3 Å². The van der Waals surface area contributed by atoms with Gasteiger partial charge >= 0.3 is 0 Å². The van der Waals surface area contributed by atoms with Crippen LogP contribution < -0.4 is 4.90 Å². The second-order valence-electron chi connectivity index (χ2n) is 11.2. The lowest BCUT2D eigenvalue weighted by molar-refractivity contribution is -0.132. The zero-order chi connectivity index (χ0) is 24.3. The van der Waals surface area contributed by atoms with Gasteiger partial charge in [-0.1, -0.05) is 51.5 Å². The summed E-state index contributed by atoms with van der Waals surface area (Å²) in [5.74, 6) is 2.54. The molecule has 1 atom stereocenters. The largest absolute Gasteiger partial charge is 0.353 e. The summed E-state index contributed by atoms with van der Waals surface area (Å²) >= 11 is 0. The summed E-state index contributed by atoms with van der Waals surface area (Å²) in [6.07, 6.45) is 2.54. The van der Waals surface area contributed by atoms with Crippen LogP contribution in [0.5, 0.6) is 0 Å². The fourth-order valence-electron chi connectivity index (χ4n) is 5.08. The SMILES string of the molecule is Cc1ccc(C)c(Cc2c(C)nc(C)nc2N2CCN(C(=O)C[C@@H](C)CC(C)(C)C)CC2)c1. The molecule has 1 fully saturated rings. The second-order valence-corrected chi connectivity index (χ2v) is 11.2. The van der Waals surface area contributed by atoms with Crippen molar-refractivity contribution in [1.82, 2.24) is 14.9 Å². The van der Waals surface area contributed by atoms with Gasteiger partial charge < -0.3 is 9.80 Å². The Morgan fingerprint density at radius 1 is 1.03 bits per heavy atom. The van der Waals surface area contributed by atoms with Crippen molar-refractivity contribution < 1.29 is 4.79 Å². The topological polar surface area (TPSA) is 49.3 Å². The molecule has 1 aromatic carbocycles. The summed E-state index contributed by atoms with van der Waals surface area (Å²) in [5, 5.41) is 0. The molecule has 1 saturated heterocycles. The molecule has 1 aliphatic heterocycles. The zero-order valence-corrected chi connectivity index (χ0v) is 22.0. The number of anilines is 1. The second kappa shape index (κ2) is 10.2. The van der Waals surface area contributed by atoms with Gasteiger partial charge in [0.1, 0.15) is 11.6 Å². The van der Waals surface area contributed by atoms with Gasteiger partial charge in [0, 0.05) is 50.3 Å². The lowest BCUT2D eigenvalue weighted by Crippen LogP contribution is -2.49. The summed E-state index contributed by atoms with van der Waals surface area (Å²) in [7, 11) is 0. The van der Waals surface area contributed by atoms with E-state index in [1.54, 1.807) is 0 Å². The first kappa shape index (κ1) is 25.2. The third-order valence-corrected chi connectivity index (χ3v) is 6.59. The maximum absolute atomic E-state index is 12.9. The number of benzene rings is 1. The minimum Gasteiger partial charge on any atom is -0.353 e. The maximum Gasteiger partial charge on any atom is 0.222 e. The van der Waals surface area contributed by atoms with E-state index in [2.05, 4.69) is 76.5 Å². The van der Waals surface area contributed by atoms with E-state index in [4.69, 9.17) is 4.98 Å². The molecule has 0 saturated carbocycles. The molecule has 0 N–H and O–H groups in total. The van der Waals surface area contributed by atoms with Crippen LogP contribution in [0.1, 0.15) is 74.3 Å². The molecule has 3 rings (SSSR count). The molecule has 5 nitrogen and oxygen atoms in total. The summed E-state index contributed by atoms with van der Waals surface area (Å²) in [6.45, 7) is 20.4. The number of aromatic nitrogens is 2. The van der Waals surface area contributed by atoms with Gasteiger partial charge in [-0.05, 0) is 56.6 Å². The minimum atomic E-state index is 0.257. The molecule has 0 spiro atoms. The molecular formula is C28H42N4O. The average molecular weight is 451 g/mol. The minimum absolute atomic E-state index is 0.257. The Morgan fingerprint density at radius 2 is 1.70 bits per heavy atom. The lowest BCUT2D eigenvalue weighted by atomic mass is 9.84. The average Bonchev–Trinajstić information content (AvgIpc) is 2.71. The third kappa shape index (κ3) is 6.78. The van der Waals surface area contributed by atoms with Crippen LogP contribution in [0.15, 0.2) is 18.2 Å². The molecular weight excluding hydrogens is 408 g/mol. The molecule has 1 amide bonds. The molecule has 33 heavy (non-hydrogen) atoms. The number of carbonyl (C=O) groups excluding carboxylic acids is 1. The van der Waals surface area contributed by atoms with Gasteiger partial charge in [-0.2, -0.15) is 0 Å². The molecule has 2 heterocycles. The van der Waals surface area contributed by atoms with Crippen LogP contribution in [-0.4, -0.2) is 47.0 Å². The smallest absolute Gasteiger partial charge is 0.222 e. The standard InChI is InChI=1S/C28H42N4O/c1-19-9-10-21(3)24(15-19)17-25-22(4)29-23(5)30-27(25)32-13-11-31(12-14-32)26(33)16-20(2)18-28(6,7)8/h9-10,15,20H,11-14,16-18H2,1-8H3/t20-/m1/s1.